The highest BCUT2D eigenvalue weighted by molar-refractivity contribution is 5.95. The van der Waals surface area contributed by atoms with Gasteiger partial charge in [-0.25, -0.2) is 0 Å². The molecule has 0 saturated heterocycles. The predicted molar refractivity (Wildman–Crippen MR) is 46.8 cm³/mol. The van der Waals surface area contributed by atoms with E-state index in [1.807, 2.05) is 0 Å². The maximum absolute atomic E-state index is 10.8. The Morgan fingerprint density at radius 3 is 2.54 bits per heavy atom. The first-order valence-corrected chi connectivity index (χ1v) is 3.50. The summed E-state index contributed by atoms with van der Waals surface area (Å²) in [4.78, 5) is 30.9. The minimum atomic E-state index is -0.898. The van der Waals surface area contributed by atoms with E-state index in [0.717, 1.165) is 0 Å². The number of benzene rings is 1. The Balaban J connectivity index is 3.20. The number of rotatable bonds is 2. The molecule has 0 N–H and O–H groups in total. The Labute approximate surface area is 73.7 Å². The fourth-order valence-electron chi connectivity index (χ4n) is 0.893. The first-order chi connectivity index (χ1) is 6.19. The third kappa shape index (κ3) is 1.81. The zero-order valence-corrected chi connectivity index (χ0v) is 6.85. The molecule has 0 saturated carbocycles. The lowest BCUT2D eigenvalue weighted by atomic mass is 10.1. The standard InChI is InChI=1S/C8H6N2O3/c1-5-2-3-6(8(11)10-13)4-7(5)9-12/h2-4H,1H3. The third-order valence-electron chi connectivity index (χ3n) is 1.64. The van der Waals surface area contributed by atoms with E-state index in [-0.39, 0.29) is 11.3 Å². The van der Waals surface area contributed by atoms with Crippen LogP contribution in [-0.4, -0.2) is 5.91 Å². The molecule has 5 heteroatoms. The van der Waals surface area contributed by atoms with E-state index in [9.17, 15) is 14.6 Å². The van der Waals surface area contributed by atoms with Crippen molar-refractivity contribution < 1.29 is 4.79 Å². The van der Waals surface area contributed by atoms with Crippen molar-refractivity contribution in [1.29, 1.82) is 0 Å². The van der Waals surface area contributed by atoms with Crippen LogP contribution in [-0.2, 0) is 0 Å². The number of carbonyl (C=O) groups excluding carboxylic acids is 1. The summed E-state index contributed by atoms with van der Waals surface area (Å²) in [5.74, 6) is -0.898. The van der Waals surface area contributed by atoms with Crippen LogP contribution in [0.4, 0.5) is 5.69 Å². The molecule has 0 aliphatic heterocycles. The van der Waals surface area contributed by atoms with Gasteiger partial charge in [-0.05, 0) is 29.8 Å². The Bertz CT molecular complexity index is 374. The fourth-order valence-corrected chi connectivity index (χ4v) is 0.893. The summed E-state index contributed by atoms with van der Waals surface area (Å²) < 4.78 is 0. The molecule has 0 aliphatic carbocycles. The van der Waals surface area contributed by atoms with Crippen molar-refractivity contribution >= 4 is 11.6 Å². The molecule has 13 heavy (non-hydrogen) atoms. The van der Waals surface area contributed by atoms with Crippen molar-refractivity contribution in [3.8, 4) is 0 Å². The average molecular weight is 178 g/mol. The topological polar surface area (TPSA) is 75.9 Å². The molecular formula is C8H6N2O3. The van der Waals surface area contributed by atoms with E-state index in [1.165, 1.54) is 18.2 Å². The molecule has 1 rings (SSSR count). The quantitative estimate of drug-likeness (QED) is 0.652. The maximum Gasteiger partial charge on any atom is 0.316 e. The lowest BCUT2D eigenvalue weighted by Crippen LogP contribution is -1.92. The zero-order valence-electron chi connectivity index (χ0n) is 6.85. The second-order valence-electron chi connectivity index (χ2n) is 2.49. The first kappa shape index (κ1) is 9.18. The van der Waals surface area contributed by atoms with E-state index < -0.39 is 5.91 Å². The highest BCUT2D eigenvalue weighted by atomic mass is 16.3. The molecule has 0 bridgehead atoms. The van der Waals surface area contributed by atoms with Gasteiger partial charge >= 0.3 is 5.91 Å². The zero-order chi connectivity index (χ0) is 9.84. The second-order valence-corrected chi connectivity index (χ2v) is 2.49. The SMILES string of the molecule is Cc1ccc(C(=O)N=O)cc1N=O. The van der Waals surface area contributed by atoms with Gasteiger partial charge in [-0.3, -0.25) is 4.79 Å². The highest BCUT2D eigenvalue weighted by Gasteiger charge is 2.07. The lowest BCUT2D eigenvalue weighted by Gasteiger charge is -1.97. The van der Waals surface area contributed by atoms with Crippen molar-refractivity contribution in [3.05, 3.63) is 39.1 Å². The minimum Gasteiger partial charge on any atom is -0.263 e. The van der Waals surface area contributed by atoms with Gasteiger partial charge in [0.15, 0.2) is 0 Å². The van der Waals surface area contributed by atoms with Crippen molar-refractivity contribution in [2.75, 3.05) is 0 Å². The van der Waals surface area contributed by atoms with Crippen molar-refractivity contribution in [2.24, 2.45) is 10.4 Å². The van der Waals surface area contributed by atoms with E-state index in [1.54, 1.807) is 6.92 Å². The van der Waals surface area contributed by atoms with Gasteiger partial charge in [0, 0.05) is 10.7 Å². The number of hydrogen-bond donors (Lipinski definition) is 0. The summed E-state index contributed by atoms with van der Waals surface area (Å²) >= 11 is 0. The molecule has 0 unspecified atom stereocenters. The predicted octanol–water partition coefficient (Wildman–Crippen LogP) is 2.30. The van der Waals surface area contributed by atoms with Gasteiger partial charge in [0.1, 0.15) is 5.69 Å². The summed E-state index contributed by atoms with van der Waals surface area (Å²) in [7, 11) is 0. The van der Waals surface area contributed by atoms with Crippen LogP contribution in [0.2, 0.25) is 0 Å². The highest BCUT2D eigenvalue weighted by Crippen LogP contribution is 2.19. The van der Waals surface area contributed by atoms with Crippen molar-refractivity contribution in [2.45, 2.75) is 6.92 Å². The summed E-state index contributed by atoms with van der Waals surface area (Å²) in [6, 6.07) is 4.20. The molecule has 0 heterocycles. The Kier molecular flexibility index (Phi) is 2.59. The number of aryl methyl sites for hydroxylation is 1. The fraction of sp³-hybridized carbons (Fsp3) is 0.125. The minimum absolute atomic E-state index is 0.0789. The molecule has 0 aliphatic rings. The van der Waals surface area contributed by atoms with E-state index in [2.05, 4.69) is 10.4 Å². The van der Waals surface area contributed by atoms with Gasteiger partial charge in [0.25, 0.3) is 0 Å². The van der Waals surface area contributed by atoms with E-state index in [0.29, 0.717) is 5.56 Å². The monoisotopic (exact) mass is 178 g/mol. The normalized spacial score (nSPS) is 9.31. The second kappa shape index (κ2) is 3.66. The smallest absolute Gasteiger partial charge is 0.263 e. The van der Waals surface area contributed by atoms with Crippen LogP contribution in [0.25, 0.3) is 0 Å². The number of hydrogen-bond acceptors (Lipinski definition) is 4. The summed E-state index contributed by atoms with van der Waals surface area (Å²) in [6.45, 7) is 1.68. The molecular weight excluding hydrogens is 172 g/mol. The van der Waals surface area contributed by atoms with Crippen LogP contribution in [0.5, 0.6) is 0 Å². The van der Waals surface area contributed by atoms with Gasteiger partial charge in [-0.15, -0.1) is 9.81 Å². The van der Waals surface area contributed by atoms with Crippen molar-refractivity contribution in [3.63, 3.8) is 0 Å². The number of nitrogens with zero attached hydrogens (tertiary/aromatic N) is 2. The van der Waals surface area contributed by atoms with Crippen LogP contribution in [0.15, 0.2) is 28.6 Å². The van der Waals surface area contributed by atoms with Gasteiger partial charge < -0.3 is 0 Å². The number of nitroso groups, excluding NO2 is 2. The van der Waals surface area contributed by atoms with Crippen LogP contribution in [0.1, 0.15) is 15.9 Å². The molecule has 0 spiro atoms. The molecule has 0 atom stereocenters. The molecule has 1 amide bonds. The van der Waals surface area contributed by atoms with E-state index >= 15 is 0 Å². The van der Waals surface area contributed by atoms with Gasteiger partial charge in [0.05, 0.1) is 0 Å². The molecule has 1 aromatic carbocycles. The Morgan fingerprint density at radius 2 is 2.00 bits per heavy atom. The molecule has 66 valence electrons. The van der Waals surface area contributed by atoms with Crippen molar-refractivity contribution in [1.82, 2.24) is 0 Å². The molecule has 0 radical (unpaired) electrons. The average Bonchev–Trinajstić information content (AvgIpc) is 2.17. The maximum atomic E-state index is 10.8. The molecule has 0 aromatic heterocycles. The summed E-state index contributed by atoms with van der Waals surface area (Å²) in [5.41, 5.74) is 0.877. The molecule has 5 nitrogen and oxygen atoms in total. The van der Waals surface area contributed by atoms with Gasteiger partial charge in [-0.1, -0.05) is 6.07 Å². The molecule has 0 fully saturated rings. The number of amides is 1. The summed E-state index contributed by atoms with van der Waals surface area (Å²) in [5, 5.41) is 4.93. The first-order valence-electron chi connectivity index (χ1n) is 3.50. The lowest BCUT2D eigenvalue weighted by molar-refractivity contribution is 0.100. The van der Waals surface area contributed by atoms with Crippen LogP contribution >= 0.6 is 0 Å². The summed E-state index contributed by atoms with van der Waals surface area (Å²) in [6.07, 6.45) is 0. The Hall–Kier alpha value is -1.91. The van der Waals surface area contributed by atoms with Gasteiger partial charge in [-0.2, -0.15) is 0 Å². The van der Waals surface area contributed by atoms with Crippen LogP contribution in [0, 0.1) is 16.7 Å². The Morgan fingerprint density at radius 1 is 1.31 bits per heavy atom. The van der Waals surface area contributed by atoms with Crippen LogP contribution in [0.3, 0.4) is 0 Å². The largest absolute Gasteiger partial charge is 0.316 e. The molecule has 1 aromatic rings. The van der Waals surface area contributed by atoms with Gasteiger partial charge in [0.2, 0.25) is 0 Å². The van der Waals surface area contributed by atoms with Crippen LogP contribution < -0.4 is 0 Å². The van der Waals surface area contributed by atoms with E-state index in [4.69, 9.17) is 0 Å². The number of carbonyl (C=O) groups is 1. The third-order valence-corrected chi connectivity index (χ3v) is 1.64.